The maximum atomic E-state index is 13.3. The fourth-order valence-corrected chi connectivity index (χ4v) is 2.51. The van der Waals surface area contributed by atoms with Gasteiger partial charge in [0.2, 0.25) is 0 Å². The standard InChI is InChI=1S/C12H10FN5OS/c13-9-4-8(1-2-10(9)14)20-5-7-3-11(19)18-12(17-7)15-6-16-18/h1-4,6H,5,14H2,(H,15,16,17). The highest BCUT2D eigenvalue weighted by atomic mass is 32.2. The molecule has 102 valence electrons. The Morgan fingerprint density at radius 2 is 2.25 bits per heavy atom. The largest absolute Gasteiger partial charge is 0.396 e. The molecule has 8 heteroatoms. The van der Waals surface area contributed by atoms with Crippen molar-refractivity contribution in [1.29, 1.82) is 0 Å². The van der Waals surface area contributed by atoms with E-state index in [1.807, 2.05) is 0 Å². The SMILES string of the molecule is Nc1ccc(SCc2cc(=O)n3[nH]cnc3n2)cc1F. The van der Waals surface area contributed by atoms with Crippen LogP contribution in [0.25, 0.3) is 5.78 Å². The third-order valence-corrected chi connectivity index (χ3v) is 3.71. The Balaban J connectivity index is 1.82. The topological polar surface area (TPSA) is 89.1 Å². The number of hydrogen-bond donors (Lipinski definition) is 2. The molecule has 2 aromatic heterocycles. The lowest BCUT2D eigenvalue weighted by atomic mass is 10.3. The average molecular weight is 291 g/mol. The fourth-order valence-electron chi connectivity index (χ4n) is 1.70. The van der Waals surface area contributed by atoms with Crippen LogP contribution in [0.1, 0.15) is 5.69 Å². The molecule has 3 rings (SSSR count). The number of aromatic amines is 1. The van der Waals surface area contributed by atoms with Crippen molar-refractivity contribution >= 4 is 23.2 Å². The molecule has 0 unspecified atom stereocenters. The normalized spacial score (nSPS) is 11.1. The van der Waals surface area contributed by atoms with Gasteiger partial charge in [-0.3, -0.25) is 9.89 Å². The average Bonchev–Trinajstić information content (AvgIpc) is 2.89. The van der Waals surface area contributed by atoms with E-state index in [-0.39, 0.29) is 11.2 Å². The van der Waals surface area contributed by atoms with Gasteiger partial charge in [-0.2, -0.15) is 4.52 Å². The van der Waals surface area contributed by atoms with E-state index in [9.17, 15) is 9.18 Å². The lowest BCUT2D eigenvalue weighted by Gasteiger charge is -2.03. The highest BCUT2D eigenvalue weighted by Gasteiger charge is 2.06. The first kappa shape index (κ1) is 12.7. The van der Waals surface area contributed by atoms with Gasteiger partial charge in [0, 0.05) is 16.7 Å². The fraction of sp³-hybridized carbons (Fsp3) is 0.0833. The summed E-state index contributed by atoms with van der Waals surface area (Å²) in [7, 11) is 0. The molecule has 1 aromatic carbocycles. The molecule has 0 fully saturated rings. The maximum Gasteiger partial charge on any atom is 0.274 e. The van der Waals surface area contributed by atoms with Crippen LogP contribution in [0, 0.1) is 5.82 Å². The van der Waals surface area contributed by atoms with Crippen LogP contribution in [-0.4, -0.2) is 19.6 Å². The number of halogens is 1. The summed E-state index contributed by atoms with van der Waals surface area (Å²) in [5.74, 6) is 0.310. The number of nitrogen functional groups attached to an aromatic ring is 1. The Kier molecular flexibility index (Phi) is 3.15. The number of rotatable bonds is 3. The number of nitrogens with two attached hydrogens (primary N) is 1. The minimum absolute atomic E-state index is 0.115. The van der Waals surface area contributed by atoms with Gasteiger partial charge in [-0.25, -0.2) is 14.4 Å². The van der Waals surface area contributed by atoms with E-state index in [0.29, 0.717) is 17.2 Å². The second-order valence-corrected chi connectivity index (χ2v) is 5.13. The summed E-state index contributed by atoms with van der Waals surface area (Å²) < 4.78 is 14.6. The molecule has 6 nitrogen and oxygen atoms in total. The van der Waals surface area contributed by atoms with E-state index in [1.54, 1.807) is 6.07 Å². The Morgan fingerprint density at radius 3 is 3.05 bits per heavy atom. The van der Waals surface area contributed by atoms with Crippen LogP contribution in [0.5, 0.6) is 0 Å². The zero-order valence-electron chi connectivity index (χ0n) is 10.2. The molecule has 0 atom stereocenters. The van der Waals surface area contributed by atoms with Crippen LogP contribution in [-0.2, 0) is 5.75 Å². The quantitative estimate of drug-likeness (QED) is 0.563. The molecule has 0 aliphatic heterocycles. The second-order valence-electron chi connectivity index (χ2n) is 4.08. The number of fused-ring (bicyclic) bond motifs is 1. The molecule has 20 heavy (non-hydrogen) atoms. The van der Waals surface area contributed by atoms with E-state index in [0.717, 1.165) is 4.90 Å². The molecule has 3 aromatic rings. The number of nitrogens with one attached hydrogen (secondary N) is 1. The summed E-state index contributed by atoms with van der Waals surface area (Å²) in [4.78, 5) is 20.6. The van der Waals surface area contributed by atoms with Gasteiger partial charge in [0.1, 0.15) is 12.1 Å². The van der Waals surface area contributed by atoms with Crippen molar-refractivity contribution in [3.63, 3.8) is 0 Å². The van der Waals surface area contributed by atoms with E-state index >= 15 is 0 Å². The van der Waals surface area contributed by atoms with Gasteiger partial charge in [-0.1, -0.05) is 0 Å². The molecular weight excluding hydrogens is 281 g/mol. The van der Waals surface area contributed by atoms with E-state index < -0.39 is 5.82 Å². The summed E-state index contributed by atoms with van der Waals surface area (Å²) in [5, 5.41) is 2.66. The molecule has 0 saturated carbocycles. The first-order valence-electron chi connectivity index (χ1n) is 5.73. The molecule has 0 bridgehead atoms. The van der Waals surface area contributed by atoms with Gasteiger partial charge in [0.25, 0.3) is 11.3 Å². The van der Waals surface area contributed by atoms with Crippen molar-refractivity contribution in [3.8, 4) is 0 Å². The van der Waals surface area contributed by atoms with E-state index in [4.69, 9.17) is 5.73 Å². The third-order valence-electron chi connectivity index (χ3n) is 2.68. The highest BCUT2D eigenvalue weighted by molar-refractivity contribution is 7.98. The summed E-state index contributed by atoms with van der Waals surface area (Å²) in [5.41, 5.74) is 5.89. The van der Waals surface area contributed by atoms with Crippen LogP contribution in [0.3, 0.4) is 0 Å². The number of benzene rings is 1. The molecule has 3 N–H and O–H groups in total. The molecule has 0 amide bonds. The Labute approximate surface area is 116 Å². The highest BCUT2D eigenvalue weighted by Crippen LogP contribution is 2.24. The number of aromatic nitrogens is 4. The summed E-state index contributed by atoms with van der Waals surface area (Å²) >= 11 is 1.37. The van der Waals surface area contributed by atoms with Gasteiger partial charge in [0.15, 0.2) is 0 Å². The van der Waals surface area contributed by atoms with E-state index in [2.05, 4.69) is 15.1 Å². The predicted octanol–water partition coefficient (Wildman–Crippen LogP) is 1.43. The minimum atomic E-state index is -0.453. The molecule has 0 aliphatic carbocycles. The summed E-state index contributed by atoms with van der Waals surface area (Å²) in [6.07, 6.45) is 1.40. The van der Waals surface area contributed by atoms with Crippen LogP contribution in [0.2, 0.25) is 0 Å². The van der Waals surface area contributed by atoms with Crippen molar-refractivity contribution in [2.24, 2.45) is 0 Å². The zero-order valence-corrected chi connectivity index (χ0v) is 11.0. The van der Waals surface area contributed by atoms with Crippen molar-refractivity contribution in [3.05, 3.63) is 52.5 Å². The first-order valence-corrected chi connectivity index (χ1v) is 6.72. The molecule has 0 radical (unpaired) electrons. The van der Waals surface area contributed by atoms with Crippen LogP contribution in [0.15, 0.2) is 40.3 Å². The molecular formula is C12H10FN5OS. The van der Waals surface area contributed by atoms with Gasteiger partial charge >= 0.3 is 0 Å². The molecule has 0 spiro atoms. The summed E-state index contributed by atoms with van der Waals surface area (Å²) in [6, 6.07) is 6.02. The monoisotopic (exact) mass is 291 g/mol. The summed E-state index contributed by atoms with van der Waals surface area (Å²) in [6.45, 7) is 0. The Morgan fingerprint density at radius 1 is 1.40 bits per heavy atom. The number of thioether (sulfide) groups is 1. The Bertz CT molecular complexity index is 828. The van der Waals surface area contributed by atoms with Crippen molar-refractivity contribution in [1.82, 2.24) is 19.6 Å². The van der Waals surface area contributed by atoms with Crippen molar-refractivity contribution < 1.29 is 4.39 Å². The van der Waals surface area contributed by atoms with Crippen molar-refractivity contribution in [2.75, 3.05) is 5.73 Å². The number of nitrogens with zero attached hydrogens (tertiary/aromatic N) is 3. The minimum Gasteiger partial charge on any atom is -0.396 e. The van der Waals surface area contributed by atoms with Crippen molar-refractivity contribution in [2.45, 2.75) is 10.6 Å². The van der Waals surface area contributed by atoms with Gasteiger partial charge in [0.05, 0.1) is 11.4 Å². The lowest BCUT2D eigenvalue weighted by molar-refractivity contribution is 0.629. The zero-order chi connectivity index (χ0) is 14.1. The van der Waals surface area contributed by atoms with Crippen LogP contribution >= 0.6 is 11.8 Å². The first-order chi connectivity index (χ1) is 9.63. The maximum absolute atomic E-state index is 13.3. The van der Waals surface area contributed by atoms with E-state index in [1.165, 1.54) is 40.8 Å². The number of H-pyrrole nitrogens is 1. The van der Waals surface area contributed by atoms with Gasteiger partial charge < -0.3 is 5.73 Å². The second kappa shape index (κ2) is 4.97. The smallest absolute Gasteiger partial charge is 0.274 e. The molecule has 2 heterocycles. The number of anilines is 1. The molecule has 0 saturated heterocycles. The van der Waals surface area contributed by atoms with Gasteiger partial charge in [-0.15, -0.1) is 11.8 Å². The van der Waals surface area contributed by atoms with Crippen LogP contribution in [0.4, 0.5) is 10.1 Å². The predicted molar refractivity (Wildman–Crippen MR) is 74.0 cm³/mol. The van der Waals surface area contributed by atoms with Gasteiger partial charge in [-0.05, 0) is 18.2 Å². The Hall–Kier alpha value is -2.35. The van der Waals surface area contributed by atoms with Crippen LogP contribution < -0.4 is 11.3 Å². The third kappa shape index (κ3) is 2.37. The lowest BCUT2D eigenvalue weighted by Crippen LogP contribution is -2.15. The molecule has 0 aliphatic rings. The number of hydrogen-bond acceptors (Lipinski definition) is 5.